The highest BCUT2D eigenvalue weighted by Gasteiger charge is 2.02. The van der Waals surface area contributed by atoms with Crippen LogP contribution in [0.3, 0.4) is 0 Å². The third-order valence-electron chi connectivity index (χ3n) is 2.36. The third-order valence-corrected chi connectivity index (χ3v) is 2.36. The molecule has 0 fully saturated rings. The Morgan fingerprint density at radius 3 is 2.76 bits per heavy atom. The summed E-state index contributed by atoms with van der Waals surface area (Å²) >= 11 is 0. The largest absolute Gasteiger partial charge is 0.496 e. The lowest BCUT2D eigenvalue weighted by atomic mass is 10.1. The van der Waals surface area contributed by atoms with Crippen LogP contribution in [0.2, 0.25) is 0 Å². The summed E-state index contributed by atoms with van der Waals surface area (Å²) in [6.07, 6.45) is 0. The summed E-state index contributed by atoms with van der Waals surface area (Å²) < 4.78 is 10.00. The highest BCUT2D eigenvalue weighted by atomic mass is 16.5. The number of aryl methyl sites for hydroxylation is 1. The number of hydrogen-bond donors (Lipinski definition) is 1. The van der Waals surface area contributed by atoms with E-state index in [1.54, 1.807) is 14.0 Å². The summed E-state index contributed by atoms with van der Waals surface area (Å²) in [6.45, 7) is 5.09. The van der Waals surface area contributed by atoms with Crippen molar-refractivity contribution in [2.75, 3.05) is 20.3 Å². The van der Waals surface area contributed by atoms with E-state index < -0.39 is 0 Å². The molecule has 4 nitrogen and oxygen atoms in total. The monoisotopic (exact) mass is 237 g/mol. The van der Waals surface area contributed by atoms with Gasteiger partial charge in [-0.25, -0.2) is 0 Å². The van der Waals surface area contributed by atoms with E-state index in [9.17, 15) is 4.79 Å². The molecule has 0 aliphatic carbocycles. The van der Waals surface area contributed by atoms with Crippen molar-refractivity contribution in [2.24, 2.45) is 0 Å². The number of rotatable bonds is 6. The molecule has 0 aromatic heterocycles. The normalized spacial score (nSPS) is 10.1. The van der Waals surface area contributed by atoms with Crippen molar-refractivity contribution in [3.05, 3.63) is 29.3 Å². The molecule has 0 heterocycles. The molecule has 1 aromatic rings. The molecule has 0 bridgehead atoms. The van der Waals surface area contributed by atoms with Crippen LogP contribution < -0.4 is 10.1 Å². The SMILES string of the molecule is CCOC(=O)CNCc1ccc(OC)c(C)c1. The molecule has 0 unspecified atom stereocenters. The van der Waals surface area contributed by atoms with E-state index in [2.05, 4.69) is 5.32 Å². The molecule has 1 aromatic carbocycles. The molecule has 0 aliphatic heterocycles. The minimum absolute atomic E-state index is 0.224. The van der Waals surface area contributed by atoms with Crippen LogP contribution in [0.4, 0.5) is 0 Å². The first-order chi connectivity index (χ1) is 8.17. The fourth-order valence-corrected chi connectivity index (χ4v) is 1.57. The van der Waals surface area contributed by atoms with Gasteiger partial charge in [0.25, 0.3) is 0 Å². The zero-order valence-corrected chi connectivity index (χ0v) is 10.6. The van der Waals surface area contributed by atoms with Gasteiger partial charge in [-0.1, -0.05) is 12.1 Å². The maximum absolute atomic E-state index is 11.1. The average Bonchev–Trinajstić information content (AvgIpc) is 2.29. The van der Waals surface area contributed by atoms with Gasteiger partial charge in [-0.15, -0.1) is 0 Å². The van der Waals surface area contributed by atoms with Crippen molar-refractivity contribution in [1.29, 1.82) is 0 Å². The number of methoxy groups -OCH3 is 1. The minimum atomic E-state index is -0.224. The average molecular weight is 237 g/mol. The summed E-state index contributed by atoms with van der Waals surface area (Å²) in [6, 6.07) is 5.94. The molecule has 0 saturated heterocycles. The van der Waals surface area contributed by atoms with E-state index >= 15 is 0 Å². The van der Waals surface area contributed by atoms with Gasteiger partial charge in [0, 0.05) is 6.54 Å². The van der Waals surface area contributed by atoms with Gasteiger partial charge in [0.15, 0.2) is 0 Å². The molecule has 17 heavy (non-hydrogen) atoms. The Bertz CT molecular complexity index is 377. The van der Waals surface area contributed by atoms with Crippen LogP contribution >= 0.6 is 0 Å². The highest BCUT2D eigenvalue weighted by Crippen LogP contribution is 2.18. The predicted molar refractivity (Wildman–Crippen MR) is 66.1 cm³/mol. The van der Waals surface area contributed by atoms with Crippen LogP contribution in [0.1, 0.15) is 18.1 Å². The topological polar surface area (TPSA) is 47.6 Å². The minimum Gasteiger partial charge on any atom is -0.496 e. The number of ether oxygens (including phenoxy) is 2. The first-order valence-corrected chi connectivity index (χ1v) is 5.67. The molecule has 0 saturated carbocycles. The van der Waals surface area contributed by atoms with Crippen molar-refractivity contribution >= 4 is 5.97 Å². The number of esters is 1. The molecule has 0 amide bonds. The number of carbonyl (C=O) groups excluding carboxylic acids is 1. The lowest BCUT2D eigenvalue weighted by Gasteiger charge is -2.08. The van der Waals surface area contributed by atoms with Gasteiger partial charge in [-0.2, -0.15) is 0 Å². The predicted octanol–water partition coefficient (Wildman–Crippen LogP) is 1.66. The Hall–Kier alpha value is -1.55. The van der Waals surface area contributed by atoms with E-state index in [4.69, 9.17) is 9.47 Å². The Morgan fingerprint density at radius 1 is 1.41 bits per heavy atom. The Balaban J connectivity index is 2.42. The van der Waals surface area contributed by atoms with Crippen LogP contribution in [0.5, 0.6) is 5.75 Å². The van der Waals surface area contributed by atoms with Crippen molar-refractivity contribution in [1.82, 2.24) is 5.32 Å². The van der Waals surface area contributed by atoms with Crippen molar-refractivity contribution in [3.63, 3.8) is 0 Å². The van der Waals surface area contributed by atoms with Crippen LogP contribution in [0.15, 0.2) is 18.2 Å². The molecule has 1 N–H and O–H groups in total. The number of benzene rings is 1. The zero-order chi connectivity index (χ0) is 12.7. The molecule has 4 heteroatoms. The standard InChI is InChI=1S/C13H19NO3/c1-4-17-13(15)9-14-8-11-5-6-12(16-3)10(2)7-11/h5-7,14H,4,8-9H2,1-3H3. The first-order valence-electron chi connectivity index (χ1n) is 5.67. The fraction of sp³-hybridized carbons (Fsp3) is 0.462. The second-order valence-corrected chi connectivity index (χ2v) is 3.71. The summed E-state index contributed by atoms with van der Waals surface area (Å²) in [4.78, 5) is 11.1. The molecule has 0 atom stereocenters. The van der Waals surface area contributed by atoms with Gasteiger partial charge in [0.2, 0.25) is 0 Å². The summed E-state index contributed by atoms with van der Waals surface area (Å²) in [5, 5.41) is 3.04. The van der Waals surface area contributed by atoms with Crippen molar-refractivity contribution < 1.29 is 14.3 Å². The van der Waals surface area contributed by atoms with E-state index in [0.717, 1.165) is 16.9 Å². The molecular formula is C13H19NO3. The molecule has 0 spiro atoms. The Kier molecular flexibility index (Phi) is 5.49. The second-order valence-electron chi connectivity index (χ2n) is 3.71. The maximum Gasteiger partial charge on any atom is 0.319 e. The van der Waals surface area contributed by atoms with Gasteiger partial charge < -0.3 is 14.8 Å². The van der Waals surface area contributed by atoms with E-state index in [1.807, 2.05) is 25.1 Å². The summed E-state index contributed by atoms with van der Waals surface area (Å²) in [5.41, 5.74) is 2.20. The smallest absolute Gasteiger partial charge is 0.319 e. The van der Waals surface area contributed by atoms with Crippen molar-refractivity contribution in [3.8, 4) is 5.75 Å². The third kappa shape index (κ3) is 4.44. The number of hydrogen-bond acceptors (Lipinski definition) is 4. The fourth-order valence-electron chi connectivity index (χ4n) is 1.57. The molecule has 0 radical (unpaired) electrons. The van der Waals surface area contributed by atoms with Crippen molar-refractivity contribution in [2.45, 2.75) is 20.4 Å². The van der Waals surface area contributed by atoms with Crippen LogP contribution in [0, 0.1) is 6.92 Å². The summed E-state index contributed by atoms with van der Waals surface area (Å²) in [7, 11) is 1.65. The number of nitrogens with one attached hydrogen (secondary N) is 1. The maximum atomic E-state index is 11.1. The van der Waals surface area contributed by atoms with Gasteiger partial charge in [-0.3, -0.25) is 4.79 Å². The lowest BCUT2D eigenvalue weighted by molar-refractivity contribution is -0.142. The van der Waals surface area contributed by atoms with Gasteiger partial charge in [-0.05, 0) is 31.0 Å². The zero-order valence-electron chi connectivity index (χ0n) is 10.6. The second kappa shape index (κ2) is 6.91. The van der Waals surface area contributed by atoms with Crippen LogP contribution in [-0.4, -0.2) is 26.2 Å². The molecule has 0 aliphatic rings. The molecule has 94 valence electrons. The summed E-state index contributed by atoms with van der Waals surface area (Å²) in [5.74, 6) is 0.650. The van der Waals surface area contributed by atoms with Gasteiger partial charge in [0.05, 0.1) is 20.3 Å². The quantitative estimate of drug-likeness (QED) is 0.764. The Morgan fingerprint density at radius 2 is 2.18 bits per heavy atom. The first kappa shape index (κ1) is 13.5. The molecular weight excluding hydrogens is 218 g/mol. The molecule has 1 rings (SSSR count). The van der Waals surface area contributed by atoms with Crippen LogP contribution in [0.25, 0.3) is 0 Å². The van der Waals surface area contributed by atoms with E-state index in [1.165, 1.54) is 0 Å². The van der Waals surface area contributed by atoms with Crippen LogP contribution in [-0.2, 0) is 16.1 Å². The number of carbonyl (C=O) groups is 1. The van der Waals surface area contributed by atoms with E-state index in [0.29, 0.717) is 13.2 Å². The highest BCUT2D eigenvalue weighted by molar-refractivity contribution is 5.71. The lowest BCUT2D eigenvalue weighted by Crippen LogP contribution is -2.24. The van der Waals surface area contributed by atoms with E-state index in [-0.39, 0.29) is 12.5 Å². The Labute approximate surface area is 102 Å². The van der Waals surface area contributed by atoms with Gasteiger partial charge in [0.1, 0.15) is 5.75 Å². The van der Waals surface area contributed by atoms with Gasteiger partial charge >= 0.3 is 5.97 Å².